The van der Waals surface area contributed by atoms with Gasteiger partial charge in [-0.2, -0.15) is 0 Å². The number of aldehydes is 1. The van der Waals surface area contributed by atoms with Crippen LogP contribution in [0.5, 0.6) is 0 Å². The van der Waals surface area contributed by atoms with Crippen molar-refractivity contribution >= 4 is 17.9 Å². The fraction of sp³-hybridized carbons (Fsp3) is 0.591. The van der Waals surface area contributed by atoms with Crippen molar-refractivity contribution in [3.63, 3.8) is 0 Å². The summed E-state index contributed by atoms with van der Waals surface area (Å²) in [6.45, 7) is 5.93. The van der Waals surface area contributed by atoms with Gasteiger partial charge < -0.3 is 0 Å². The van der Waals surface area contributed by atoms with Crippen molar-refractivity contribution < 1.29 is 14.4 Å². The fourth-order valence-corrected chi connectivity index (χ4v) is 4.00. The van der Waals surface area contributed by atoms with Crippen LogP contribution in [0.4, 0.5) is 0 Å². The normalized spacial score (nSPS) is 19.4. The summed E-state index contributed by atoms with van der Waals surface area (Å²) in [7, 11) is 0. The Hall–Kier alpha value is -1.81. The van der Waals surface area contributed by atoms with Gasteiger partial charge in [-0.1, -0.05) is 44.2 Å². The molecule has 1 atom stereocenters. The van der Waals surface area contributed by atoms with E-state index in [1.54, 1.807) is 0 Å². The molecule has 1 saturated heterocycles. The molecule has 0 amide bonds. The molecule has 1 aliphatic heterocycles. The van der Waals surface area contributed by atoms with E-state index in [9.17, 15) is 14.4 Å². The van der Waals surface area contributed by atoms with Crippen LogP contribution in [0.3, 0.4) is 0 Å². The molecule has 0 N–H and O–H groups in total. The van der Waals surface area contributed by atoms with Crippen molar-refractivity contribution in [3.05, 3.63) is 35.9 Å². The number of Topliss-reactive ketones (excluding diaryl/α,β-unsaturated/α-hetero) is 2. The Balaban J connectivity index is 1.80. The van der Waals surface area contributed by atoms with E-state index in [-0.39, 0.29) is 23.7 Å². The van der Waals surface area contributed by atoms with Crippen molar-refractivity contribution in [1.82, 2.24) is 4.90 Å². The number of rotatable bonds is 11. The lowest BCUT2D eigenvalue weighted by molar-refractivity contribution is -0.130. The smallest absolute Gasteiger partial charge is 0.195 e. The van der Waals surface area contributed by atoms with E-state index >= 15 is 0 Å². The number of nitrogens with zero attached hydrogens (tertiary/aromatic N) is 1. The van der Waals surface area contributed by atoms with Crippen LogP contribution >= 0.6 is 0 Å². The van der Waals surface area contributed by atoms with Crippen LogP contribution < -0.4 is 0 Å². The summed E-state index contributed by atoms with van der Waals surface area (Å²) in [5.41, 5.74) is 1.30. The lowest BCUT2D eigenvalue weighted by atomic mass is 9.81. The highest BCUT2D eigenvalue weighted by Gasteiger charge is 2.43. The first-order valence-corrected chi connectivity index (χ1v) is 9.73. The predicted molar refractivity (Wildman–Crippen MR) is 103 cm³/mol. The molecular formula is C22H31NO3. The summed E-state index contributed by atoms with van der Waals surface area (Å²) in [6, 6.07) is 10.3. The number of hydrogen-bond acceptors (Lipinski definition) is 4. The predicted octanol–water partition coefficient (Wildman–Crippen LogP) is 3.62. The molecule has 1 aliphatic rings. The van der Waals surface area contributed by atoms with Crippen LogP contribution in [-0.2, 0) is 20.8 Å². The van der Waals surface area contributed by atoms with Crippen molar-refractivity contribution in [2.24, 2.45) is 5.41 Å². The number of aryl methyl sites for hydroxylation is 1. The third kappa shape index (κ3) is 5.87. The summed E-state index contributed by atoms with van der Waals surface area (Å²) in [4.78, 5) is 36.7. The highest BCUT2D eigenvalue weighted by atomic mass is 16.2. The van der Waals surface area contributed by atoms with Gasteiger partial charge in [0, 0.05) is 12.8 Å². The van der Waals surface area contributed by atoms with Crippen molar-refractivity contribution in [1.29, 1.82) is 0 Å². The van der Waals surface area contributed by atoms with Crippen molar-refractivity contribution in [3.8, 4) is 0 Å². The second-order valence-electron chi connectivity index (χ2n) is 8.02. The van der Waals surface area contributed by atoms with Gasteiger partial charge in [-0.25, -0.2) is 0 Å². The molecule has 0 radical (unpaired) electrons. The van der Waals surface area contributed by atoms with Crippen LogP contribution in [0.25, 0.3) is 0 Å². The lowest BCUT2D eigenvalue weighted by Gasteiger charge is -2.31. The number of carbonyl (C=O) groups excluding carboxylic acids is 3. The van der Waals surface area contributed by atoms with E-state index in [4.69, 9.17) is 0 Å². The number of ketones is 2. The molecule has 1 aromatic carbocycles. The molecule has 0 aliphatic carbocycles. The van der Waals surface area contributed by atoms with Crippen molar-refractivity contribution in [2.75, 3.05) is 13.1 Å². The third-order valence-electron chi connectivity index (χ3n) is 5.44. The molecule has 4 heteroatoms. The van der Waals surface area contributed by atoms with Crippen LogP contribution in [0, 0.1) is 5.41 Å². The van der Waals surface area contributed by atoms with Crippen LogP contribution in [-0.4, -0.2) is 41.9 Å². The van der Waals surface area contributed by atoms with Gasteiger partial charge in [-0.15, -0.1) is 0 Å². The van der Waals surface area contributed by atoms with Gasteiger partial charge >= 0.3 is 0 Å². The molecule has 0 saturated carbocycles. The highest BCUT2D eigenvalue weighted by molar-refractivity contribution is 6.24. The van der Waals surface area contributed by atoms with E-state index in [1.807, 2.05) is 6.07 Å². The van der Waals surface area contributed by atoms with Crippen LogP contribution in [0.2, 0.25) is 0 Å². The Morgan fingerprint density at radius 2 is 1.85 bits per heavy atom. The summed E-state index contributed by atoms with van der Waals surface area (Å²) < 4.78 is 0. The SMILES string of the molecule is CC1(C)CCN(CCCC(=O)C=O)[C@@H]1C(=O)CCCCc1ccccc1. The van der Waals surface area contributed by atoms with Gasteiger partial charge in [-0.05, 0) is 56.2 Å². The molecule has 0 spiro atoms. The minimum atomic E-state index is -0.354. The zero-order valence-electron chi connectivity index (χ0n) is 16.1. The summed E-state index contributed by atoms with van der Waals surface area (Å²) in [5, 5.41) is 0. The van der Waals surface area contributed by atoms with Gasteiger partial charge in [0.25, 0.3) is 0 Å². The number of carbonyl (C=O) groups is 3. The summed E-state index contributed by atoms with van der Waals surface area (Å²) in [5.74, 6) is -0.0329. The zero-order chi connectivity index (χ0) is 19.0. The number of unbranched alkanes of at least 4 members (excludes halogenated alkanes) is 1. The highest BCUT2D eigenvalue weighted by Crippen LogP contribution is 2.37. The fourth-order valence-electron chi connectivity index (χ4n) is 4.00. The van der Waals surface area contributed by atoms with Gasteiger partial charge in [0.1, 0.15) is 0 Å². The lowest BCUT2D eigenvalue weighted by Crippen LogP contribution is -2.43. The molecule has 1 aromatic rings. The maximum atomic E-state index is 12.9. The number of hydrogen-bond donors (Lipinski definition) is 0. The van der Waals surface area contributed by atoms with Crippen LogP contribution in [0.1, 0.15) is 57.9 Å². The molecule has 0 bridgehead atoms. The quantitative estimate of drug-likeness (QED) is 0.345. The van der Waals surface area contributed by atoms with E-state index in [0.717, 1.165) is 32.2 Å². The first-order valence-electron chi connectivity index (χ1n) is 9.73. The second-order valence-corrected chi connectivity index (χ2v) is 8.02. The molecule has 26 heavy (non-hydrogen) atoms. The largest absolute Gasteiger partial charge is 0.298 e. The number of benzene rings is 1. The van der Waals surface area contributed by atoms with E-state index in [2.05, 4.69) is 43.0 Å². The van der Waals surface area contributed by atoms with Gasteiger partial charge in [0.2, 0.25) is 0 Å². The minimum Gasteiger partial charge on any atom is -0.298 e. The Morgan fingerprint density at radius 1 is 1.12 bits per heavy atom. The first-order chi connectivity index (χ1) is 12.4. The average Bonchev–Trinajstić information content (AvgIpc) is 2.93. The molecule has 0 aromatic heterocycles. The second kappa shape index (κ2) is 9.77. The molecule has 1 heterocycles. The third-order valence-corrected chi connectivity index (χ3v) is 5.44. The maximum absolute atomic E-state index is 12.9. The van der Waals surface area contributed by atoms with Gasteiger partial charge in [0.15, 0.2) is 17.9 Å². The standard InChI is InChI=1S/C22H31NO3/c1-22(2)14-16-23(15-8-12-19(25)17-24)21(22)20(26)13-7-6-11-18-9-4-3-5-10-18/h3-5,9-10,17,21H,6-8,11-16H2,1-2H3/t21-/m1/s1. The van der Waals surface area contributed by atoms with Gasteiger partial charge in [-0.3, -0.25) is 19.3 Å². The van der Waals surface area contributed by atoms with E-state index in [1.165, 1.54) is 5.56 Å². The van der Waals surface area contributed by atoms with E-state index < -0.39 is 0 Å². The summed E-state index contributed by atoms with van der Waals surface area (Å²) in [6.07, 6.45) is 5.88. The van der Waals surface area contributed by atoms with Crippen molar-refractivity contribution in [2.45, 2.75) is 64.8 Å². The summed E-state index contributed by atoms with van der Waals surface area (Å²) >= 11 is 0. The molecule has 0 unspecified atom stereocenters. The van der Waals surface area contributed by atoms with Crippen LogP contribution in [0.15, 0.2) is 30.3 Å². The maximum Gasteiger partial charge on any atom is 0.195 e. The Bertz CT molecular complexity index is 609. The topological polar surface area (TPSA) is 54.5 Å². The first kappa shape index (κ1) is 20.5. The minimum absolute atomic E-state index is 0.0226. The Morgan fingerprint density at radius 3 is 2.54 bits per heavy atom. The number of likely N-dealkylation sites (tertiary alicyclic amines) is 1. The Kier molecular flexibility index (Phi) is 7.70. The zero-order valence-corrected chi connectivity index (χ0v) is 16.1. The molecule has 2 rings (SSSR count). The molecule has 1 fully saturated rings. The Labute approximate surface area is 157 Å². The molecule has 4 nitrogen and oxygen atoms in total. The molecule has 142 valence electrons. The van der Waals surface area contributed by atoms with Gasteiger partial charge in [0.05, 0.1) is 6.04 Å². The molecular weight excluding hydrogens is 326 g/mol. The average molecular weight is 357 g/mol. The monoisotopic (exact) mass is 357 g/mol. The van der Waals surface area contributed by atoms with E-state index in [0.29, 0.717) is 31.5 Å².